The summed E-state index contributed by atoms with van der Waals surface area (Å²) in [5, 5.41) is 0. The van der Waals surface area contributed by atoms with Gasteiger partial charge in [0, 0.05) is 0 Å². The number of ether oxygens (including phenoxy) is 1. The molecule has 0 aromatic carbocycles. The molecule has 0 rings (SSSR count). The molecule has 0 fully saturated rings. The summed E-state index contributed by atoms with van der Waals surface area (Å²) in [6.45, 7) is 5.33. The van der Waals surface area contributed by atoms with Crippen LogP contribution in [0.2, 0.25) is 0 Å². The molecule has 0 N–H and O–H groups in total. The van der Waals surface area contributed by atoms with Crippen molar-refractivity contribution in [3.63, 3.8) is 0 Å². The highest BCUT2D eigenvalue weighted by atomic mass is 16.5. The van der Waals surface area contributed by atoms with E-state index in [-0.39, 0.29) is 0 Å². The van der Waals surface area contributed by atoms with E-state index in [2.05, 4.69) is 6.58 Å². The average Bonchev–Trinajstić information content (AvgIpc) is 2.05. The minimum absolute atomic E-state index is 0.464. The van der Waals surface area contributed by atoms with Crippen molar-refractivity contribution in [3.05, 3.63) is 36.1 Å². The molecule has 0 aliphatic rings. The number of methoxy groups -OCH3 is 1. The van der Waals surface area contributed by atoms with Gasteiger partial charge in [-0.05, 0) is 13.0 Å². The van der Waals surface area contributed by atoms with Crippen molar-refractivity contribution in [1.82, 2.24) is 0 Å². The maximum Gasteiger partial charge on any atom is 0.153 e. The third kappa shape index (κ3) is 2.85. The van der Waals surface area contributed by atoms with Gasteiger partial charge in [0.15, 0.2) is 6.29 Å². The first kappa shape index (κ1) is 9.69. The van der Waals surface area contributed by atoms with Crippen molar-refractivity contribution in [2.75, 3.05) is 7.11 Å². The molecule has 2 nitrogen and oxygen atoms in total. The lowest BCUT2D eigenvalue weighted by atomic mass is 10.2. The summed E-state index contributed by atoms with van der Waals surface area (Å²) in [7, 11) is 1.52. The van der Waals surface area contributed by atoms with Gasteiger partial charge in [0.2, 0.25) is 0 Å². The largest absolute Gasteiger partial charge is 0.496 e. The number of allylic oxidation sites excluding steroid dienone is 4. The van der Waals surface area contributed by atoms with Gasteiger partial charge in [0.1, 0.15) is 5.76 Å². The highest BCUT2D eigenvalue weighted by molar-refractivity contribution is 5.78. The van der Waals surface area contributed by atoms with Crippen LogP contribution in [-0.2, 0) is 9.53 Å². The summed E-state index contributed by atoms with van der Waals surface area (Å²) < 4.78 is 4.92. The molecule has 0 saturated carbocycles. The summed E-state index contributed by atoms with van der Waals surface area (Å²) in [5.74, 6) is 0.539. The van der Waals surface area contributed by atoms with Crippen molar-refractivity contribution in [3.8, 4) is 0 Å². The zero-order valence-electron chi connectivity index (χ0n) is 6.83. The zero-order valence-corrected chi connectivity index (χ0v) is 6.83. The van der Waals surface area contributed by atoms with Gasteiger partial charge in [-0.3, -0.25) is 4.79 Å². The second kappa shape index (κ2) is 5.47. The Labute approximate surface area is 66.9 Å². The van der Waals surface area contributed by atoms with E-state index in [0.29, 0.717) is 17.6 Å². The fraction of sp³-hybridized carbons (Fsp3) is 0.222. The van der Waals surface area contributed by atoms with E-state index in [0.717, 1.165) is 0 Å². The van der Waals surface area contributed by atoms with Gasteiger partial charge in [-0.2, -0.15) is 0 Å². The molecule has 0 unspecified atom stereocenters. The van der Waals surface area contributed by atoms with Crippen molar-refractivity contribution in [1.29, 1.82) is 0 Å². The smallest absolute Gasteiger partial charge is 0.153 e. The molecular formula is C9H12O2. The molecule has 0 aromatic heterocycles. The lowest BCUT2D eigenvalue weighted by Gasteiger charge is -2.00. The molecule has 0 radical (unpaired) electrons. The van der Waals surface area contributed by atoms with E-state index in [1.807, 2.05) is 6.92 Å². The van der Waals surface area contributed by atoms with Gasteiger partial charge in [-0.15, -0.1) is 0 Å². The summed E-state index contributed by atoms with van der Waals surface area (Å²) in [4.78, 5) is 10.4. The van der Waals surface area contributed by atoms with E-state index < -0.39 is 0 Å². The second-order valence-corrected chi connectivity index (χ2v) is 1.85. The van der Waals surface area contributed by atoms with Crippen molar-refractivity contribution in [2.45, 2.75) is 6.92 Å². The number of aldehydes is 1. The summed E-state index contributed by atoms with van der Waals surface area (Å²) in [6.07, 6.45) is 5.69. The first-order chi connectivity index (χ1) is 5.29. The van der Waals surface area contributed by atoms with Crippen LogP contribution in [0.25, 0.3) is 0 Å². The number of rotatable bonds is 4. The Balaban J connectivity index is 4.75. The average molecular weight is 152 g/mol. The number of carbonyl (C=O) groups is 1. The second-order valence-electron chi connectivity index (χ2n) is 1.85. The Morgan fingerprint density at radius 3 is 2.45 bits per heavy atom. The Morgan fingerprint density at radius 2 is 2.18 bits per heavy atom. The van der Waals surface area contributed by atoms with Crippen molar-refractivity contribution in [2.24, 2.45) is 0 Å². The third-order valence-electron chi connectivity index (χ3n) is 1.17. The standard InChI is InChI=1S/C9H12O2/c1-4-6-9(11-3)8(5-2)7-10/h4-7H,2H2,1,3H3/b6-4-,9-8-. The maximum absolute atomic E-state index is 10.4. The minimum Gasteiger partial charge on any atom is -0.496 e. The van der Waals surface area contributed by atoms with Crippen molar-refractivity contribution >= 4 is 6.29 Å². The summed E-state index contributed by atoms with van der Waals surface area (Å²) >= 11 is 0. The van der Waals surface area contributed by atoms with Crippen molar-refractivity contribution < 1.29 is 9.53 Å². The Kier molecular flexibility index (Phi) is 4.82. The van der Waals surface area contributed by atoms with Crippen LogP contribution in [0.4, 0.5) is 0 Å². The van der Waals surface area contributed by atoms with Gasteiger partial charge >= 0.3 is 0 Å². The van der Waals surface area contributed by atoms with Crippen LogP contribution in [0.5, 0.6) is 0 Å². The normalized spacial score (nSPS) is 12.5. The predicted molar refractivity (Wildman–Crippen MR) is 45.1 cm³/mol. The van der Waals surface area contributed by atoms with E-state index in [1.165, 1.54) is 13.2 Å². The Hall–Kier alpha value is -1.31. The van der Waals surface area contributed by atoms with Crippen LogP contribution < -0.4 is 0 Å². The van der Waals surface area contributed by atoms with Crippen LogP contribution in [0.15, 0.2) is 36.1 Å². The topological polar surface area (TPSA) is 26.3 Å². The fourth-order valence-corrected chi connectivity index (χ4v) is 0.640. The van der Waals surface area contributed by atoms with Crippen LogP contribution in [0, 0.1) is 0 Å². The highest BCUT2D eigenvalue weighted by Gasteiger charge is 1.96. The quantitative estimate of drug-likeness (QED) is 0.266. The van der Waals surface area contributed by atoms with E-state index in [9.17, 15) is 4.79 Å². The monoisotopic (exact) mass is 152 g/mol. The SMILES string of the molecule is C=C/C(C=O)=C(\C=C/C)OC. The molecule has 0 amide bonds. The lowest BCUT2D eigenvalue weighted by molar-refractivity contribution is -0.104. The molecule has 0 aliphatic heterocycles. The number of carbonyl (C=O) groups excluding carboxylic acids is 1. The molecule has 0 bridgehead atoms. The fourth-order valence-electron chi connectivity index (χ4n) is 0.640. The van der Waals surface area contributed by atoms with E-state index in [4.69, 9.17) is 4.74 Å². The Bertz CT molecular complexity index is 190. The van der Waals surface area contributed by atoms with Crippen LogP contribution >= 0.6 is 0 Å². The summed E-state index contributed by atoms with van der Waals surface area (Å²) in [6, 6.07) is 0. The molecule has 0 heterocycles. The summed E-state index contributed by atoms with van der Waals surface area (Å²) in [5.41, 5.74) is 0.464. The van der Waals surface area contributed by atoms with E-state index >= 15 is 0 Å². The molecule has 0 aromatic rings. The van der Waals surface area contributed by atoms with Crippen LogP contribution in [0.1, 0.15) is 6.92 Å². The third-order valence-corrected chi connectivity index (χ3v) is 1.17. The van der Waals surface area contributed by atoms with Gasteiger partial charge < -0.3 is 4.74 Å². The first-order valence-electron chi connectivity index (χ1n) is 3.28. The molecule has 0 aliphatic carbocycles. The zero-order chi connectivity index (χ0) is 8.69. The molecule has 0 spiro atoms. The highest BCUT2D eigenvalue weighted by Crippen LogP contribution is 2.05. The minimum atomic E-state index is 0.464. The molecular weight excluding hydrogens is 140 g/mol. The maximum atomic E-state index is 10.4. The van der Waals surface area contributed by atoms with Gasteiger partial charge in [0.05, 0.1) is 12.7 Å². The van der Waals surface area contributed by atoms with Gasteiger partial charge in [-0.25, -0.2) is 0 Å². The molecule has 11 heavy (non-hydrogen) atoms. The first-order valence-corrected chi connectivity index (χ1v) is 3.28. The molecule has 60 valence electrons. The van der Waals surface area contributed by atoms with Crippen LogP contribution in [0.3, 0.4) is 0 Å². The predicted octanol–water partition coefficient (Wildman–Crippen LogP) is 1.85. The van der Waals surface area contributed by atoms with E-state index in [1.54, 1.807) is 12.2 Å². The molecule has 0 saturated heterocycles. The molecule has 0 atom stereocenters. The Morgan fingerprint density at radius 1 is 1.55 bits per heavy atom. The van der Waals surface area contributed by atoms with Gasteiger partial charge in [-0.1, -0.05) is 18.7 Å². The van der Waals surface area contributed by atoms with Gasteiger partial charge in [0.25, 0.3) is 0 Å². The van der Waals surface area contributed by atoms with Crippen LogP contribution in [-0.4, -0.2) is 13.4 Å². The number of hydrogen-bond acceptors (Lipinski definition) is 2. The number of hydrogen-bond donors (Lipinski definition) is 0. The molecule has 2 heteroatoms. The lowest BCUT2D eigenvalue weighted by Crippen LogP contribution is -1.90.